The molecule has 142 valence electrons. The van der Waals surface area contributed by atoms with Gasteiger partial charge in [0.1, 0.15) is 17.4 Å². The predicted octanol–water partition coefficient (Wildman–Crippen LogP) is 4.56. The number of nitrogens with zero attached hydrogens (tertiary/aromatic N) is 2. The number of H-pyrrole nitrogens is 1. The third-order valence-electron chi connectivity index (χ3n) is 4.01. The zero-order chi connectivity index (χ0) is 19.5. The van der Waals surface area contributed by atoms with Crippen LogP contribution in [-0.4, -0.2) is 26.3 Å². The van der Waals surface area contributed by atoms with E-state index in [-0.39, 0.29) is 5.69 Å². The van der Waals surface area contributed by atoms with E-state index in [9.17, 15) is 9.90 Å². The molecular weight excluding hydrogens is 400 g/mol. The second-order valence-electron chi connectivity index (χ2n) is 5.97. The summed E-state index contributed by atoms with van der Waals surface area (Å²) in [6, 6.07) is 12.6. The minimum Gasteiger partial charge on any atom is -0.486 e. The molecule has 0 radical (unpaired) electrons. The monoisotopic (exact) mass is 414 g/mol. The number of rotatable bonds is 7. The van der Waals surface area contributed by atoms with Gasteiger partial charge in [0.25, 0.3) is 0 Å². The maximum Gasteiger partial charge on any atom is 0.357 e. The number of hydrogen-bond acceptors (Lipinski definition) is 6. The number of ether oxygens (including phenoxy) is 1. The van der Waals surface area contributed by atoms with E-state index in [4.69, 9.17) is 16.3 Å². The molecule has 0 saturated heterocycles. The van der Waals surface area contributed by atoms with Crippen molar-refractivity contribution in [3.05, 3.63) is 69.3 Å². The Hall–Kier alpha value is -3.10. The van der Waals surface area contributed by atoms with E-state index in [1.807, 2.05) is 23.6 Å². The van der Waals surface area contributed by atoms with Crippen molar-refractivity contribution >= 4 is 45.5 Å². The quantitative estimate of drug-likeness (QED) is 0.410. The first-order valence-electron chi connectivity index (χ1n) is 8.35. The Morgan fingerprint density at radius 3 is 2.86 bits per heavy atom. The summed E-state index contributed by atoms with van der Waals surface area (Å²) in [5, 5.41) is 23.0. The summed E-state index contributed by atoms with van der Waals surface area (Å²) in [5.41, 5.74) is 2.36. The number of carboxylic acid groups (broad SMARTS) is 1. The smallest absolute Gasteiger partial charge is 0.357 e. The third kappa shape index (κ3) is 4.08. The van der Waals surface area contributed by atoms with Crippen molar-refractivity contribution in [2.24, 2.45) is 0 Å². The first kappa shape index (κ1) is 18.3. The Kier molecular flexibility index (Phi) is 5.14. The molecule has 0 aliphatic rings. The lowest BCUT2D eigenvalue weighted by Crippen LogP contribution is -2.01. The molecule has 0 unspecified atom stereocenters. The Bertz CT molecular complexity index is 1120. The van der Waals surface area contributed by atoms with Gasteiger partial charge < -0.3 is 15.2 Å². The minimum atomic E-state index is -1.06. The van der Waals surface area contributed by atoms with E-state index in [0.717, 1.165) is 22.1 Å². The number of aromatic amines is 1. The number of fused-ring (bicyclic) bond motifs is 1. The molecular formula is C19H15ClN4O3S. The van der Waals surface area contributed by atoms with Gasteiger partial charge >= 0.3 is 5.97 Å². The molecule has 7 nitrogen and oxygen atoms in total. The van der Waals surface area contributed by atoms with Gasteiger partial charge in [-0.3, -0.25) is 5.10 Å². The maximum absolute atomic E-state index is 11.2. The van der Waals surface area contributed by atoms with Gasteiger partial charge in [0.2, 0.25) is 0 Å². The minimum absolute atomic E-state index is 0.00828. The van der Waals surface area contributed by atoms with E-state index in [1.165, 1.54) is 11.3 Å². The van der Waals surface area contributed by atoms with Crippen LogP contribution in [0.4, 0.5) is 5.69 Å². The summed E-state index contributed by atoms with van der Waals surface area (Å²) in [7, 11) is 0. The van der Waals surface area contributed by atoms with Crippen LogP contribution in [-0.2, 0) is 13.2 Å². The van der Waals surface area contributed by atoms with Crippen LogP contribution in [0, 0.1) is 0 Å². The van der Waals surface area contributed by atoms with Crippen LogP contribution in [0.15, 0.2) is 47.8 Å². The van der Waals surface area contributed by atoms with Crippen molar-refractivity contribution in [1.29, 1.82) is 0 Å². The molecule has 0 fully saturated rings. The Balaban J connectivity index is 1.37. The molecule has 0 aliphatic heterocycles. The van der Waals surface area contributed by atoms with Crippen molar-refractivity contribution in [3.63, 3.8) is 0 Å². The van der Waals surface area contributed by atoms with Crippen molar-refractivity contribution < 1.29 is 14.6 Å². The van der Waals surface area contributed by atoms with Gasteiger partial charge in [0.15, 0.2) is 5.69 Å². The van der Waals surface area contributed by atoms with Crippen LogP contribution in [0.2, 0.25) is 5.02 Å². The first-order valence-corrected chi connectivity index (χ1v) is 9.61. The third-order valence-corrected chi connectivity index (χ3v) is 5.14. The fourth-order valence-corrected chi connectivity index (χ4v) is 3.48. The number of aromatic carboxylic acids is 1. The molecule has 3 N–H and O–H groups in total. The van der Waals surface area contributed by atoms with Gasteiger partial charge in [0.05, 0.1) is 17.8 Å². The largest absolute Gasteiger partial charge is 0.486 e. The fourth-order valence-electron chi connectivity index (χ4n) is 2.65. The SMILES string of the molecule is O=C(O)c1n[nH]c2ccc(NCc3csc(COc4ccc(Cl)cc4)n3)cc12. The fraction of sp³-hybridized carbons (Fsp3) is 0.105. The van der Waals surface area contributed by atoms with Crippen LogP contribution >= 0.6 is 22.9 Å². The number of carboxylic acids is 1. The summed E-state index contributed by atoms with van der Waals surface area (Å²) < 4.78 is 5.70. The predicted molar refractivity (Wildman–Crippen MR) is 108 cm³/mol. The van der Waals surface area contributed by atoms with Crippen LogP contribution in [0.25, 0.3) is 10.9 Å². The molecule has 0 amide bonds. The molecule has 28 heavy (non-hydrogen) atoms. The number of anilines is 1. The molecule has 0 spiro atoms. The highest BCUT2D eigenvalue weighted by molar-refractivity contribution is 7.09. The number of thiazole rings is 1. The molecule has 4 aromatic rings. The van der Waals surface area contributed by atoms with E-state index >= 15 is 0 Å². The van der Waals surface area contributed by atoms with E-state index in [2.05, 4.69) is 20.5 Å². The van der Waals surface area contributed by atoms with Gasteiger partial charge in [-0.05, 0) is 42.5 Å². The maximum atomic E-state index is 11.2. The van der Waals surface area contributed by atoms with Crippen LogP contribution in [0.3, 0.4) is 0 Å². The topological polar surface area (TPSA) is 100 Å². The van der Waals surface area contributed by atoms with Gasteiger partial charge in [-0.15, -0.1) is 11.3 Å². The molecule has 0 aliphatic carbocycles. The summed E-state index contributed by atoms with van der Waals surface area (Å²) in [6.45, 7) is 0.901. The normalized spacial score (nSPS) is 10.9. The summed E-state index contributed by atoms with van der Waals surface area (Å²) in [5.74, 6) is -0.324. The van der Waals surface area contributed by atoms with E-state index < -0.39 is 5.97 Å². The molecule has 2 aromatic carbocycles. The van der Waals surface area contributed by atoms with Crippen molar-refractivity contribution in [2.45, 2.75) is 13.2 Å². The van der Waals surface area contributed by atoms with E-state index in [1.54, 1.807) is 24.3 Å². The molecule has 4 rings (SSSR count). The lowest BCUT2D eigenvalue weighted by Gasteiger charge is -2.05. The number of aromatic nitrogens is 3. The number of carbonyl (C=O) groups is 1. The second kappa shape index (κ2) is 7.87. The van der Waals surface area contributed by atoms with Gasteiger partial charge in [0, 0.05) is 21.5 Å². The lowest BCUT2D eigenvalue weighted by atomic mass is 10.2. The number of benzene rings is 2. The molecule has 0 saturated carbocycles. The van der Waals surface area contributed by atoms with Crippen molar-refractivity contribution in [3.8, 4) is 5.75 Å². The molecule has 2 aromatic heterocycles. The first-order chi connectivity index (χ1) is 13.6. The number of nitrogens with one attached hydrogen (secondary N) is 2. The highest BCUT2D eigenvalue weighted by Gasteiger charge is 2.13. The molecule has 9 heteroatoms. The number of halogens is 1. The highest BCUT2D eigenvalue weighted by atomic mass is 35.5. The summed E-state index contributed by atoms with van der Waals surface area (Å²) in [6.07, 6.45) is 0. The highest BCUT2D eigenvalue weighted by Crippen LogP contribution is 2.22. The zero-order valence-electron chi connectivity index (χ0n) is 14.5. The van der Waals surface area contributed by atoms with Gasteiger partial charge in [-0.25, -0.2) is 9.78 Å². The number of hydrogen-bond donors (Lipinski definition) is 3. The van der Waals surface area contributed by atoms with Gasteiger partial charge in [-0.1, -0.05) is 11.6 Å². The standard InChI is InChI=1S/C19H15ClN4O3S/c20-11-1-4-14(5-2-11)27-9-17-22-13(10-28-17)8-21-12-3-6-16-15(7-12)18(19(25)26)24-23-16/h1-7,10,21H,8-9H2,(H,23,24)(H,25,26). The second-order valence-corrected chi connectivity index (χ2v) is 7.35. The Labute approximate surface area is 169 Å². The van der Waals surface area contributed by atoms with Crippen LogP contribution in [0.5, 0.6) is 5.75 Å². The van der Waals surface area contributed by atoms with Crippen molar-refractivity contribution in [1.82, 2.24) is 15.2 Å². The molecule has 0 bridgehead atoms. The van der Waals surface area contributed by atoms with Crippen LogP contribution in [0.1, 0.15) is 21.2 Å². The lowest BCUT2D eigenvalue weighted by molar-refractivity contribution is 0.0692. The van der Waals surface area contributed by atoms with Gasteiger partial charge in [-0.2, -0.15) is 5.10 Å². The van der Waals surface area contributed by atoms with Crippen LogP contribution < -0.4 is 10.1 Å². The van der Waals surface area contributed by atoms with E-state index in [0.29, 0.717) is 29.1 Å². The summed E-state index contributed by atoms with van der Waals surface area (Å²) in [4.78, 5) is 15.8. The Morgan fingerprint density at radius 2 is 2.07 bits per heavy atom. The molecule has 0 atom stereocenters. The van der Waals surface area contributed by atoms with Crippen molar-refractivity contribution in [2.75, 3.05) is 5.32 Å². The zero-order valence-corrected chi connectivity index (χ0v) is 16.0. The Morgan fingerprint density at radius 1 is 1.25 bits per heavy atom. The summed E-state index contributed by atoms with van der Waals surface area (Å²) >= 11 is 7.38. The average Bonchev–Trinajstić information content (AvgIpc) is 3.32. The molecule has 2 heterocycles. The average molecular weight is 415 g/mol.